The van der Waals surface area contributed by atoms with Crippen LogP contribution >= 0.6 is 0 Å². The molecular weight excluding hydrogens is 222 g/mol. The van der Waals surface area contributed by atoms with Crippen LogP contribution in [0.4, 0.5) is 0 Å². The summed E-state index contributed by atoms with van der Waals surface area (Å²) in [6, 6.07) is -1.21. The Labute approximate surface area is 101 Å². The Hall–Kier alpha value is -1.43. The van der Waals surface area contributed by atoms with Crippen molar-refractivity contribution in [1.82, 2.24) is 10.6 Å². The highest BCUT2D eigenvalue weighted by atomic mass is 16.2. The molecule has 4 N–H and O–H groups in total. The van der Waals surface area contributed by atoms with Crippen LogP contribution in [-0.2, 0) is 14.4 Å². The molecule has 0 aromatic heterocycles. The monoisotopic (exact) mass is 243 g/mol. The zero-order chi connectivity index (χ0) is 13.4. The van der Waals surface area contributed by atoms with E-state index in [2.05, 4.69) is 10.6 Å². The van der Waals surface area contributed by atoms with E-state index in [0.717, 1.165) is 0 Å². The van der Waals surface area contributed by atoms with Crippen molar-refractivity contribution in [2.24, 2.45) is 11.7 Å². The molecule has 2 amide bonds. The van der Waals surface area contributed by atoms with E-state index in [1.165, 1.54) is 0 Å². The van der Waals surface area contributed by atoms with E-state index in [0.29, 0.717) is 18.6 Å². The van der Waals surface area contributed by atoms with Crippen LogP contribution in [0.1, 0.15) is 27.2 Å². The summed E-state index contributed by atoms with van der Waals surface area (Å²) >= 11 is 0. The van der Waals surface area contributed by atoms with Gasteiger partial charge in [0.05, 0.1) is 12.6 Å². The van der Waals surface area contributed by atoms with Crippen molar-refractivity contribution in [2.75, 3.05) is 6.54 Å². The van der Waals surface area contributed by atoms with Gasteiger partial charge in [0.2, 0.25) is 11.8 Å². The summed E-state index contributed by atoms with van der Waals surface area (Å²) in [5, 5.41) is 4.98. The molecule has 0 heterocycles. The first-order valence-corrected chi connectivity index (χ1v) is 5.65. The molecule has 17 heavy (non-hydrogen) atoms. The third-order valence-corrected chi connectivity index (χ3v) is 2.17. The van der Waals surface area contributed by atoms with Crippen LogP contribution in [0.3, 0.4) is 0 Å². The van der Waals surface area contributed by atoms with Crippen molar-refractivity contribution in [2.45, 2.75) is 39.3 Å². The lowest BCUT2D eigenvalue weighted by molar-refractivity contribution is -0.129. The van der Waals surface area contributed by atoms with E-state index in [1.807, 2.05) is 13.8 Å². The highest BCUT2D eigenvalue weighted by Crippen LogP contribution is 2.02. The van der Waals surface area contributed by atoms with E-state index < -0.39 is 18.0 Å². The van der Waals surface area contributed by atoms with Gasteiger partial charge in [-0.05, 0) is 19.3 Å². The fourth-order valence-corrected chi connectivity index (χ4v) is 1.33. The highest BCUT2D eigenvalue weighted by Gasteiger charge is 2.19. The van der Waals surface area contributed by atoms with Gasteiger partial charge in [-0.3, -0.25) is 9.59 Å². The molecule has 0 fully saturated rings. The van der Waals surface area contributed by atoms with Gasteiger partial charge in [-0.2, -0.15) is 0 Å². The van der Waals surface area contributed by atoms with Crippen molar-refractivity contribution in [3.63, 3.8) is 0 Å². The molecule has 98 valence electrons. The van der Waals surface area contributed by atoms with Crippen molar-refractivity contribution < 1.29 is 14.4 Å². The maximum absolute atomic E-state index is 11.6. The average molecular weight is 243 g/mol. The molecule has 0 spiro atoms. The summed E-state index contributed by atoms with van der Waals surface area (Å²) in [6.07, 6.45) is 1.28. The highest BCUT2D eigenvalue weighted by molar-refractivity contribution is 5.89. The molecule has 0 bridgehead atoms. The second kappa shape index (κ2) is 7.78. The number of amides is 2. The van der Waals surface area contributed by atoms with E-state index in [1.54, 1.807) is 6.92 Å². The predicted molar refractivity (Wildman–Crippen MR) is 64.1 cm³/mol. The molecular formula is C11H21N3O3. The number of nitrogens with one attached hydrogen (secondary N) is 2. The number of hydrogen-bond acceptors (Lipinski definition) is 4. The number of aldehydes is 1. The summed E-state index contributed by atoms with van der Waals surface area (Å²) in [5.74, 6) is -0.483. The largest absolute Gasteiger partial charge is 0.345 e. The van der Waals surface area contributed by atoms with E-state index in [4.69, 9.17) is 5.73 Å². The van der Waals surface area contributed by atoms with Crippen molar-refractivity contribution in [3.8, 4) is 0 Å². The zero-order valence-corrected chi connectivity index (χ0v) is 10.5. The average Bonchev–Trinajstić information content (AvgIpc) is 2.26. The second-order valence-electron chi connectivity index (χ2n) is 4.37. The Morgan fingerprint density at radius 1 is 1.24 bits per heavy atom. The van der Waals surface area contributed by atoms with Gasteiger partial charge < -0.3 is 21.2 Å². The van der Waals surface area contributed by atoms with E-state index >= 15 is 0 Å². The first-order valence-electron chi connectivity index (χ1n) is 5.65. The Morgan fingerprint density at radius 2 is 1.82 bits per heavy atom. The van der Waals surface area contributed by atoms with E-state index in [9.17, 15) is 14.4 Å². The van der Waals surface area contributed by atoms with Gasteiger partial charge in [0, 0.05) is 0 Å². The molecule has 0 saturated heterocycles. The Bertz CT molecular complexity index is 279. The molecule has 6 nitrogen and oxygen atoms in total. The topological polar surface area (TPSA) is 101 Å². The predicted octanol–water partition coefficient (Wildman–Crippen LogP) is -0.820. The maximum Gasteiger partial charge on any atom is 0.242 e. The Balaban J connectivity index is 4.21. The summed E-state index contributed by atoms with van der Waals surface area (Å²) in [4.78, 5) is 33.3. The van der Waals surface area contributed by atoms with Gasteiger partial charge in [-0.25, -0.2) is 0 Å². The van der Waals surface area contributed by atoms with Crippen LogP contribution in [-0.4, -0.2) is 36.7 Å². The van der Waals surface area contributed by atoms with E-state index in [-0.39, 0.29) is 12.5 Å². The second-order valence-corrected chi connectivity index (χ2v) is 4.37. The van der Waals surface area contributed by atoms with Crippen molar-refractivity contribution in [3.05, 3.63) is 0 Å². The lowest BCUT2D eigenvalue weighted by Crippen LogP contribution is -2.50. The zero-order valence-electron chi connectivity index (χ0n) is 10.5. The van der Waals surface area contributed by atoms with Crippen molar-refractivity contribution >= 4 is 18.1 Å². The molecule has 0 saturated carbocycles. The smallest absolute Gasteiger partial charge is 0.242 e. The molecule has 0 aromatic rings. The Morgan fingerprint density at radius 3 is 2.24 bits per heavy atom. The van der Waals surface area contributed by atoms with Crippen molar-refractivity contribution in [1.29, 1.82) is 0 Å². The third kappa shape index (κ3) is 6.68. The van der Waals surface area contributed by atoms with Gasteiger partial charge in [0.25, 0.3) is 0 Å². The minimum Gasteiger partial charge on any atom is -0.345 e. The number of nitrogens with two attached hydrogens (primary N) is 1. The number of carbonyl (C=O) groups is 3. The molecule has 0 aliphatic rings. The summed E-state index contributed by atoms with van der Waals surface area (Å²) in [5.41, 5.74) is 5.11. The third-order valence-electron chi connectivity index (χ3n) is 2.17. The lowest BCUT2D eigenvalue weighted by Gasteiger charge is -2.18. The number of carbonyl (C=O) groups excluding carboxylic acids is 3. The van der Waals surface area contributed by atoms with Crippen LogP contribution in [0, 0.1) is 5.92 Å². The molecule has 2 atom stereocenters. The van der Waals surface area contributed by atoms with Crippen LogP contribution in [0.2, 0.25) is 0 Å². The summed E-state index contributed by atoms with van der Waals surface area (Å²) in [7, 11) is 0. The maximum atomic E-state index is 11.6. The molecule has 0 radical (unpaired) electrons. The first kappa shape index (κ1) is 15.6. The van der Waals surface area contributed by atoms with Gasteiger partial charge in [0.1, 0.15) is 12.3 Å². The number of hydrogen-bond donors (Lipinski definition) is 3. The molecule has 0 aliphatic carbocycles. The molecule has 6 heteroatoms. The fourth-order valence-electron chi connectivity index (χ4n) is 1.33. The van der Waals surface area contributed by atoms with Gasteiger partial charge in [0.15, 0.2) is 0 Å². The SMILES string of the molecule is CC(C)C[C@@H](C=O)NC(=O)[C@H](C)NC(=O)CN. The quantitative estimate of drug-likeness (QED) is 0.508. The molecule has 0 aliphatic heterocycles. The van der Waals surface area contributed by atoms with Gasteiger partial charge in [-0.1, -0.05) is 13.8 Å². The molecule has 0 aromatic carbocycles. The minimum absolute atomic E-state index is 0.166. The van der Waals surface area contributed by atoms with Gasteiger partial charge >= 0.3 is 0 Å². The fraction of sp³-hybridized carbons (Fsp3) is 0.727. The van der Waals surface area contributed by atoms with Gasteiger partial charge in [-0.15, -0.1) is 0 Å². The van der Waals surface area contributed by atoms with Crippen LogP contribution in [0.15, 0.2) is 0 Å². The summed E-state index contributed by atoms with van der Waals surface area (Å²) in [6.45, 7) is 5.30. The molecule has 0 unspecified atom stereocenters. The molecule has 0 rings (SSSR count). The standard InChI is InChI=1S/C11H21N3O3/c1-7(2)4-9(6-15)14-11(17)8(3)13-10(16)5-12/h6-9H,4-5,12H2,1-3H3,(H,13,16)(H,14,17)/t8-,9-/m0/s1. The van der Waals surface area contributed by atoms with Crippen LogP contribution < -0.4 is 16.4 Å². The lowest BCUT2D eigenvalue weighted by atomic mass is 10.0. The number of rotatable bonds is 7. The Kier molecular flexibility index (Phi) is 7.13. The first-order chi connectivity index (χ1) is 7.90. The normalized spacial score (nSPS) is 13.9. The minimum atomic E-state index is -0.694. The summed E-state index contributed by atoms with van der Waals surface area (Å²) < 4.78 is 0. The van der Waals surface area contributed by atoms with Crippen LogP contribution in [0.5, 0.6) is 0 Å². The van der Waals surface area contributed by atoms with Crippen LogP contribution in [0.25, 0.3) is 0 Å².